The topological polar surface area (TPSA) is 83.6 Å². The molecule has 0 fully saturated rings. The van der Waals surface area contributed by atoms with E-state index in [1.165, 1.54) is 6.07 Å². The van der Waals surface area contributed by atoms with E-state index in [0.29, 0.717) is 5.56 Å². The summed E-state index contributed by atoms with van der Waals surface area (Å²) >= 11 is 0. The molecule has 4 nitrogen and oxygen atoms in total. The number of hydrogen-bond donors (Lipinski definition) is 3. The Morgan fingerprint density at radius 2 is 1.65 bits per heavy atom. The number of anilines is 1. The molecule has 0 unspecified atom stereocenters. The first-order valence-corrected chi connectivity index (χ1v) is 5.01. The summed E-state index contributed by atoms with van der Waals surface area (Å²) in [4.78, 5) is 12.0. The van der Waals surface area contributed by atoms with Gasteiger partial charge in [0.1, 0.15) is 11.5 Å². The largest absolute Gasteiger partial charge is 0.507 e. The molecular weight excluding hydrogens is 218 g/mol. The molecule has 0 aliphatic rings. The standard InChI is InChI=1S/C13H11NO3/c14-10-6-9(11(15)7-12(10)16)13(17)8-4-2-1-3-5-8/h1-7,15-16H,14H2. The number of aromatic hydroxyl groups is 2. The van der Waals surface area contributed by atoms with Gasteiger partial charge in [-0.2, -0.15) is 0 Å². The molecule has 0 aliphatic carbocycles. The number of nitrogens with two attached hydrogens (primary N) is 1. The van der Waals surface area contributed by atoms with Crippen LogP contribution in [0.5, 0.6) is 11.5 Å². The SMILES string of the molecule is Nc1cc(C(=O)c2ccccc2)c(O)cc1O. The van der Waals surface area contributed by atoms with Crippen LogP contribution in [0.1, 0.15) is 15.9 Å². The van der Waals surface area contributed by atoms with Crippen molar-refractivity contribution in [1.82, 2.24) is 0 Å². The normalized spacial score (nSPS) is 10.1. The maximum Gasteiger partial charge on any atom is 0.196 e. The summed E-state index contributed by atoms with van der Waals surface area (Å²) in [6.45, 7) is 0. The van der Waals surface area contributed by atoms with E-state index < -0.39 is 0 Å². The highest BCUT2D eigenvalue weighted by atomic mass is 16.3. The van der Waals surface area contributed by atoms with Crippen LogP contribution in [0.15, 0.2) is 42.5 Å². The monoisotopic (exact) mass is 229 g/mol. The summed E-state index contributed by atoms with van der Waals surface area (Å²) in [5, 5.41) is 18.9. The van der Waals surface area contributed by atoms with Gasteiger partial charge in [0.15, 0.2) is 5.78 Å². The van der Waals surface area contributed by atoms with Crippen LogP contribution < -0.4 is 5.73 Å². The average Bonchev–Trinajstić information content (AvgIpc) is 2.34. The van der Waals surface area contributed by atoms with Crippen molar-refractivity contribution >= 4 is 11.5 Å². The van der Waals surface area contributed by atoms with Crippen molar-refractivity contribution in [2.75, 3.05) is 5.73 Å². The van der Waals surface area contributed by atoms with Gasteiger partial charge < -0.3 is 15.9 Å². The molecule has 2 aromatic carbocycles. The molecule has 0 atom stereocenters. The molecule has 4 N–H and O–H groups in total. The Morgan fingerprint density at radius 1 is 1.00 bits per heavy atom. The predicted octanol–water partition coefficient (Wildman–Crippen LogP) is 1.91. The zero-order valence-electron chi connectivity index (χ0n) is 8.92. The molecular formula is C13H11NO3. The van der Waals surface area contributed by atoms with E-state index in [9.17, 15) is 15.0 Å². The predicted molar refractivity (Wildman–Crippen MR) is 64.1 cm³/mol. The second kappa shape index (κ2) is 4.17. The minimum absolute atomic E-state index is 0.0575. The van der Waals surface area contributed by atoms with Crippen molar-refractivity contribution in [3.8, 4) is 11.5 Å². The molecule has 0 amide bonds. The minimum Gasteiger partial charge on any atom is -0.507 e. The fraction of sp³-hybridized carbons (Fsp3) is 0. The van der Waals surface area contributed by atoms with E-state index in [1.54, 1.807) is 30.3 Å². The highest BCUT2D eigenvalue weighted by Gasteiger charge is 2.15. The van der Waals surface area contributed by atoms with Crippen molar-refractivity contribution in [2.45, 2.75) is 0 Å². The van der Waals surface area contributed by atoms with E-state index in [2.05, 4.69) is 0 Å². The third-order valence-electron chi connectivity index (χ3n) is 2.43. The van der Waals surface area contributed by atoms with Gasteiger partial charge in [-0.1, -0.05) is 30.3 Å². The summed E-state index contributed by atoms with van der Waals surface area (Å²) in [5.41, 5.74) is 6.08. The number of rotatable bonds is 2. The number of ketones is 1. The van der Waals surface area contributed by atoms with E-state index in [0.717, 1.165) is 6.07 Å². The van der Waals surface area contributed by atoms with Gasteiger partial charge in [0.25, 0.3) is 0 Å². The Labute approximate surface area is 97.9 Å². The number of benzene rings is 2. The quantitative estimate of drug-likeness (QED) is 0.318. The molecule has 86 valence electrons. The number of phenols is 2. The van der Waals surface area contributed by atoms with Crippen molar-refractivity contribution in [2.24, 2.45) is 0 Å². The second-order valence-electron chi connectivity index (χ2n) is 3.62. The molecule has 0 aliphatic heterocycles. The van der Waals surface area contributed by atoms with Gasteiger partial charge in [-0.25, -0.2) is 0 Å². The molecule has 0 bridgehead atoms. The van der Waals surface area contributed by atoms with Crippen LogP contribution in [0, 0.1) is 0 Å². The fourth-order valence-electron chi connectivity index (χ4n) is 1.52. The summed E-state index contributed by atoms with van der Waals surface area (Å²) in [6.07, 6.45) is 0. The second-order valence-corrected chi connectivity index (χ2v) is 3.62. The van der Waals surface area contributed by atoms with Crippen LogP contribution >= 0.6 is 0 Å². The summed E-state index contributed by atoms with van der Waals surface area (Å²) in [7, 11) is 0. The van der Waals surface area contributed by atoms with E-state index in [4.69, 9.17) is 5.73 Å². The van der Waals surface area contributed by atoms with E-state index in [1.807, 2.05) is 0 Å². The van der Waals surface area contributed by atoms with E-state index >= 15 is 0 Å². The molecule has 0 radical (unpaired) electrons. The van der Waals surface area contributed by atoms with Crippen LogP contribution in [-0.2, 0) is 0 Å². The lowest BCUT2D eigenvalue weighted by Gasteiger charge is -2.06. The lowest BCUT2D eigenvalue weighted by molar-refractivity contribution is 0.103. The zero-order chi connectivity index (χ0) is 12.4. The Morgan fingerprint density at radius 3 is 2.29 bits per heavy atom. The Bertz CT molecular complexity index is 564. The van der Waals surface area contributed by atoms with Crippen molar-refractivity contribution in [3.63, 3.8) is 0 Å². The highest BCUT2D eigenvalue weighted by Crippen LogP contribution is 2.30. The zero-order valence-corrected chi connectivity index (χ0v) is 8.92. The number of carbonyl (C=O) groups is 1. The van der Waals surface area contributed by atoms with Gasteiger partial charge in [0.05, 0.1) is 11.3 Å². The maximum absolute atomic E-state index is 12.0. The molecule has 0 saturated carbocycles. The van der Waals surface area contributed by atoms with Crippen LogP contribution in [0.3, 0.4) is 0 Å². The Kier molecular flexibility index (Phi) is 2.70. The maximum atomic E-state index is 12.0. The summed E-state index contributed by atoms with van der Waals surface area (Å²) < 4.78 is 0. The number of hydrogen-bond acceptors (Lipinski definition) is 4. The van der Waals surface area contributed by atoms with Crippen LogP contribution in [0.2, 0.25) is 0 Å². The minimum atomic E-state index is -0.338. The van der Waals surface area contributed by atoms with E-state index in [-0.39, 0.29) is 28.5 Å². The fourth-order valence-corrected chi connectivity index (χ4v) is 1.52. The van der Waals surface area contributed by atoms with Gasteiger partial charge in [-0.15, -0.1) is 0 Å². The van der Waals surface area contributed by atoms with Crippen LogP contribution in [0.25, 0.3) is 0 Å². The van der Waals surface area contributed by atoms with Crippen molar-refractivity contribution < 1.29 is 15.0 Å². The molecule has 2 aromatic rings. The highest BCUT2D eigenvalue weighted by molar-refractivity contribution is 6.11. The van der Waals surface area contributed by atoms with Gasteiger partial charge in [0, 0.05) is 11.6 Å². The molecule has 17 heavy (non-hydrogen) atoms. The molecule has 2 rings (SSSR count). The first-order valence-electron chi connectivity index (χ1n) is 5.01. The van der Waals surface area contributed by atoms with Gasteiger partial charge in [-0.3, -0.25) is 4.79 Å². The third kappa shape index (κ3) is 2.06. The first kappa shape index (κ1) is 11.0. The third-order valence-corrected chi connectivity index (χ3v) is 2.43. The lowest BCUT2D eigenvalue weighted by Crippen LogP contribution is -2.02. The van der Waals surface area contributed by atoms with Gasteiger partial charge in [-0.05, 0) is 6.07 Å². The molecule has 0 saturated heterocycles. The lowest BCUT2D eigenvalue weighted by atomic mass is 10.0. The van der Waals surface area contributed by atoms with Crippen LogP contribution in [-0.4, -0.2) is 16.0 Å². The molecule has 4 heteroatoms. The summed E-state index contributed by atoms with van der Waals surface area (Å²) in [5.74, 6) is -0.868. The Balaban J connectivity index is 2.48. The smallest absolute Gasteiger partial charge is 0.196 e. The number of phenolic OH excluding ortho intramolecular Hbond substituents is 2. The molecule has 0 aromatic heterocycles. The Hall–Kier alpha value is -2.49. The van der Waals surface area contributed by atoms with Crippen LogP contribution in [0.4, 0.5) is 5.69 Å². The van der Waals surface area contributed by atoms with Crippen molar-refractivity contribution in [1.29, 1.82) is 0 Å². The van der Waals surface area contributed by atoms with Crippen molar-refractivity contribution in [3.05, 3.63) is 53.6 Å². The number of carbonyl (C=O) groups excluding carboxylic acids is 1. The molecule has 0 spiro atoms. The van der Waals surface area contributed by atoms with Gasteiger partial charge >= 0.3 is 0 Å². The average molecular weight is 229 g/mol. The first-order chi connectivity index (χ1) is 8.09. The molecule has 0 heterocycles. The van der Waals surface area contributed by atoms with Gasteiger partial charge in [0.2, 0.25) is 0 Å². The number of nitrogen functional groups attached to an aromatic ring is 1. The summed E-state index contributed by atoms with van der Waals surface area (Å²) in [6, 6.07) is 10.9.